The van der Waals surface area contributed by atoms with Gasteiger partial charge in [-0.05, 0) is 31.9 Å². The van der Waals surface area contributed by atoms with Gasteiger partial charge >= 0.3 is 0 Å². The minimum Gasteiger partial charge on any atom is -0.314 e. The summed E-state index contributed by atoms with van der Waals surface area (Å²) in [7, 11) is 0. The summed E-state index contributed by atoms with van der Waals surface area (Å²) in [5, 5.41) is 7.88. The van der Waals surface area contributed by atoms with Crippen molar-refractivity contribution in [2.45, 2.75) is 26.3 Å². The second kappa shape index (κ2) is 3.50. The highest BCUT2D eigenvalue weighted by molar-refractivity contribution is 4.96. The fourth-order valence-corrected chi connectivity index (χ4v) is 1.97. The third-order valence-electron chi connectivity index (χ3n) is 2.66. The van der Waals surface area contributed by atoms with Crippen molar-refractivity contribution < 1.29 is 0 Å². The number of hydrogen-bond acceptors (Lipinski definition) is 2. The number of nitrogens with zero attached hydrogens (tertiary/aromatic N) is 2. The van der Waals surface area contributed by atoms with Crippen LogP contribution in [0.1, 0.15) is 25.1 Å². The molecule has 3 heteroatoms. The number of hydrogen-bond donors (Lipinski definition) is 1. The van der Waals surface area contributed by atoms with Gasteiger partial charge in [0.2, 0.25) is 0 Å². The standard InChI is InChI=1S/C10H17N3/c1-8-5-10(7-11-6-8)13-4-3-9(2)12-13/h3-4,8,10-11H,5-7H2,1-2H3. The van der Waals surface area contributed by atoms with Crippen molar-refractivity contribution in [1.82, 2.24) is 15.1 Å². The summed E-state index contributed by atoms with van der Waals surface area (Å²) in [5.41, 5.74) is 1.11. The minimum absolute atomic E-state index is 0.553. The summed E-state index contributed by atoms with van der Waals surface area (Å²) in [4.78, 5) is 0. The molecule has 2 atom stereocenters. The highest BCUT2D eigenvalue weighted by atomic mass is 15.3. The average molecular weight is 179 g/mol. The lowest BCUT2D eigenvalue weighted by Crippen LogP contribution is -2.36. The molecule has 13 heavy (non-hydrogen) atoms. The van der Waals surface area contributed by atoms with Gasteiger partial charge in [0.05, 0.1) is 11.7 Å². The Balaban J connectivity index is 2.08. The SMILES string of the molecule is Cc1ccn(C2CNCC(C)C2)n1. The Morgan fingerprint density at radius 2 is 2.38 bits per heavy atom. The summed E-state index contributed by atoms with van der Waals surface area (Å²) in [6, 6.07) is 2.62. The minimum atomic E-state index is 0.553. The second-order valence-electron chi connectivity index (χ2n) is 4.09. The fraction of sp³-hybridized carbons (Fsp3) is 0.700. The van der Waals surface area contributed by atoms with Gasteiger partial charge in [-0.3, -0.25) is 4.68 Å². The number of piperidine rings is 1. The summed E-state index contributed by atoms with van der Waals surface area (Å²) >= 11 is 0. The van der Waals surface area contributed by atoms with Gasteiger partial charge < -0.3 is 5.32 Å². The third kappa shape index (κ3) is 1.91. The largest absolute Gasteiger partial charge is 0.314 e. The van der Waals surface area contributed by atoms with E-state index < -0.39 is 0 Å². The van der Waals surface area contributed by atoms with Crippen molar-refractivity contribution in [2.24, 2.45) is 5.92 Å². The van der Waals surface area contributed by atoms with Crippen LogP contribution in [0.3, 0.4) is 0 Å². The fourth-order valence-electron chi connectivity index (χ4n) is 1.97. The summed E-state index contributed by atoms with van der Waals surface area (Å²) in [5.74, 6) is 0.767. The monoisotopic (exact) mass is 179 g/mol. The van der Waals surface area contributed by atoms with Gasteiger partial charge in [0.15, 0.2) is 0 Å². The lowest BCUT2D eigenvalue weighted by atomic mass is 9.98. The van der Waals surface area contributed by atoms with Crippen molar-refractivity contribution >= 4 is 0 Å². The van der Waals surface area contributed by atoms with Crippen LogP contribution in [0, 0.1) is 12.8 Å². The van der Waals surface area contributed by atoms with Gasteiger partial charge in [0, 0.05) is 12.7 Å². The molecule has 0 radical (unpaired) electrons. The molecule has 0 bridgehead atoms. The molecular weight excluding hydrogens is 162 g/mol. The molecule has 0 saturated carbocycles. The number of aromatic nitrogens is 2. The molecule has 2 heterocycles. The number of aryl methyl sites for hydroxylation is 1. The highest BCUT2D eigenvalue weighted by Crippen LogP contribution is 2.19. The molecule has 2 rings (SSSR count). The van der Waals surface area contributed by atoms with E-state index in [9.17, 15) is 0 Å². The molecule has 0 amide bonds. The first kappa shape index (κ1) is 8.75. The van der Waals surface area contributed by atoms with Crippen molar-refractivity contribution in [3.8, 4) is 0 Å². The van der Waals surface area contributed by atoms with Gasteiger partial charge in [-0.2, -0.15) is 5.10 Å². The molecule has 1 saturated heterocycles. The van der Waals surface area contributed by atoms with E-state index in [0.29, 0.717) is 6.04 Å². The number of nitrogens with one attached hydrogen (secondary N) is 1. The van der Waals surface area contributed by atoms with E-state index in [0.717, 1.165) is 24.7 Å². The maximum absolute atomic E-state index is 4.45. The highest BCUT2D eigenvalue weighted by Gasteiger charge is 2.19. The van der Waals surface area contributed by atoms with Crippen LogP contribution in [0.25, 0.3) is 0 Å². The maximum atomic E-state index is 4.45. The van der Waals surface area contributed by atoms with Gasteiger partial charge in [0.1, 0.15) is 0 Å². The van der Waals surface area contributed by atoms with Gasteiger partial charge in [0.25, 0.3) is 0 Å². The molecule has 2 unspecified atom stereocenters. The van der Waals surface area contributed by atoms with E-state index >= 15 is 0 Å². The Bertz CT molecular complexity index is 279. The molecule has 1 aromatic rings. The van der Waals surface area contributed by atoms with Crippen LogP contribution in [0.5, 0.6) is 0 Å². The third-order valence-corrected chi connectivity index (χ3v) is 2.66. The molecule has 1 aliphatic heterocycles. The number of rotatable bonds is 1. The van der Waals surface area contributed by atoms with E-state index in [1.54, 1.807) is 0 Å². The zero-order valence-electron chi connectivity index (χ0n) is 8.33. The smallest absolute Gasteiger partial charge is 0.0646 e. The van der Waals surface area contributed by atoms with Crippen molar-refractivity contribution in [2.75, 3.05) is 13.1 Å². The van der Waals surface area contributed by atoms with Crippen LogP contribution < -0.4 is 5.32 Å². The first-order valence-electron chi connectivity index (χ1n) is 4.98. The molecule has 1 aliphatic rings. The Hall–Kier alpha value is -0.830. The van der Waals surface area contributed by atoms with Gasteiger partial charge in [-0.1, -0.05) is 6.92 Å². The zero-order valence-corrected chi connectivity index (χ0v) is 8.33. The quantitative estimate of drug-likeness (QED) is 0.705. The maximum Gasteiger partial charge on any atom is 0.0646 e. The molecule has 3 nitrogen and oxygen atoms in total. The van der Waals surface area contributed by atoms with E-state index in [4.69, 9.17) is 0 Å². The van der Waals surface area contributed by atoms with Crippen LogP contribution in [0.4, 0.5) is 0 Å². The summed E-state index contributed by atoms with van der Waals surface area (Å²) < 4.78 is 2.10. The van der Waals surface area contributed by atoms with E-state index in [1.165, 1.54) is 6.42 Å². The van der Waals surface area contributed by atoms with Crippen molar-refractivity contribution in [3.63, 3.8) is 0 Å². The molecule has 0 aromatic carbocycles. The lowest BCUT2D eigenvalue weighted by molar-refractivity contribution is 0.284. The van der Waals surface area contributed by atoms with E-state index in [-0.39, 0.29) is 0 Å². The predicted octanol–water partition coefficient (Wildman–Crippen LogP) is 1.36. The molecule has 0 aliphatic carbocycles. The van der Waals surface area contributed by atoms with Crippen LogP contribution >= 0.6 is 0 Å². The molecular formula is C10H17N3. The normalized spacial score (nSPS) is 29.1. The lowest BCUT2D eigenvalue weighted by Gasteiger charge is -2.27. The van der Waals surface area contributed by atoms with Crippen molar-refractivity contribution in [1.29, 1.82) is 0 Å². The second-order valence-corrected chi connectivity index (χ2v) is 4.09. The molecule has 0 spiro atoms. The van der Waals surface area contributed by atoms with Crippen LogP contribution in [0.2, 0.25) is 0 Å². The molecule has 1 fully saturated rings. The Morgan fingerprint density at radius 1 is 1.54 bits per heavy atom. The van der Waals surface area contributed by atoms with Gasteiger partial charge in [-0.25, -0.2) is 0 Å². The average Bonchev–Trinajstić information content (AvgIpc) is 2.52. The predicted molar refractivity (Wildman–Crippen MR) is 52.7 cm³/mol. The Morgan fingerprint density at radius 3 is 3.00 bits per heavy atom. The molecule has 72 valence electrons. The van der Waals surface area contributed by atoms with E-state index in [1.807, 2.05) is 6.92 Å². The van der Waals surface area contributed by atoms with Crippen molar-refractivity contribution in [3.05, 3.63) is 18.0 Å². The molecule has 1 aromatic heterocycles. The summed E-state index contributed by atoms with van der Waals surface area (Å²) in [6.07, 6.45) is 3.33. The molecule has 1 N–H and O–H groups in total. The topological polar surface area (TPSA) is 29.9 Å². The van der Waals surface area contributed by atoms with E-state index in [2.05, 4.69) is 34.3 Å². The Kier molecular flexibility index (Phi) is 2.36. The Labute approximate surface area is 79.1 Å². The first-order valence-corrected chi connectivity index (χ1v) is 4.98. The van der Waals surface area contributed by atoms with Crippen LogP contribution in [-0.4, -0.2) is 22.9 Å². The van der Waals surface area contributed by atoms with Crippen LogP contribution in [0.15, 0.2) is 12.3 Å². The zero-order chi connectivity index (χ0) is 9.26. The van der Waals surface area contributed by atoms with Crippen LogP contribution in [-0.2, 0) is 0 Å². The first-order chi connectivity index (χ1) is 6.25. The van der Waals surface area contributed by atoms with Gasteiger partial charge in [-0.15, -0.1) is 0 Å². The summed E-state index contributed by atoms with van der Waals surface area (Å²) in [6.45, 7) is 6.54.